The zero-order valence-electron chi connectivity index (χ0n) is 15.4. The molecule has 1 atom stereocenters. The Labute approximate surface area is 165 Å². The highest BCUT2D eigenvalue weighted by molar-refractivity contribution is 6.05. The molecule has 3 rings (SSSR count). The van der Waals surface area contributed by atoms with Gasteiger partial charge in [0.1, 0.15) is 11.3 Å². The van der Waals surface area contributed by atoms with Gasteiger partial charge in [-0.15, -0.1) is 0 Å². The maximum absolute atomic E-state index is 13.0. The minimum Gasteiger partial charge on any atom is -0.505 e. The Balaban J connectivity index is 1.88. The molecule has 0 amide bonds. The van der Waals surface area contributed by atoms with E-state index in [0.717, 1.165) is 11.1 Å². The Hall–Kier alpha value is -3.39. The number of fused-ring (bicyclic) bond motifs is 1. The van der Waals surface area contributed by atoms with Crippen LogP contribution in [0, 0.1) is 5.82 Å². The van der Waals surface area contributed by atoms with Crippen LogP contribution in [-0.4, -0.2) is 45.1 Å². The number of pyridine rings is 2. The van der Waals surface area contributed by atoms with Crippen LogP contribution in [0.3, 0.4) is 0 Å². The Kier molecular flexibility index (Phi) is 6.46. The topological polar surface area (TPSA) is 110 Å². The minimum absolute atomic E-state index is 0.110. The Morgan fingerprint density at radius 1 is 1.17 bits per heavy atom. The molecule has 2 aromatic heterocycles. The van der Waals surface area contributed by atoms with Crippen LogP contribution in [-0.2, 0) is 16.0 Å². The fourth-order valence-corrected chi connectivity index (χ4v) is 2.99. The van der Waals surface area contributed by atoms with Gasteiger partial charge in [0, 0.05) is 19.0 Å². The van der Waals surface area contributed by atoms with Crippen LogP contribution >= 0.6 is 0 Å². The number of nitrogens with zero attached hydrogens (tertiary/aromatic N) is 2. The Morgan fingerprint density at radius 2 is 1.93 bits per heavy atom. The van der Waals surface area contributed by atoms with Gasteiger partial charge in [0.15, 0.2) is 11.9 Å². The summed E-state index contributed by atoms with van der Waals surface area (Å²) in [7, 11) is 0. The van der Waals surface area contributed by atoms with Crippen molar-refractivity contribution in [2.75, 3.05) is 6.61 Å². The lowest BCUT2D eigenvalue weighted by atomic mass is 10.0. The molecule has 3 aromatic rings. The summed E-state index contributed by atoms with van der Waals surface area (Å²) in [4.78, 5) is 31.7. The van der Waals surface area contributed by atoms with Crippen molar-refractivity contribution in [3.05, 3.63) is 65.2 Å². The number of rotatable bonds is 9. The number of aliphatic hydroxyl groups excluding tert-OH is 1. The lowest BCUT2D eigenvalue weighted by Gasteiger charge is -2.14. The highest BCUT2D eigenvalue weighted by Gasteiger charge is 2.25. The molecule has 0 fully saturated rings. The summed E-state index contributed by atoms with van der Waals surface area (Å²) in [6, 6.07) is 7.82. The highest BCUT2D eigenvalue weighted by Crippen LogP contribution is 2.28. The van der Waals surface area contributed by atoms with Crippen LogP contribution in [0.5, 0.6) is 5.75 Å². The van der Waals surface area contributed by atoms with Gasteiger partial charge in [-0.25, -0.2) is 4.39 Å². The Morgan fingerprint density at radius 3 is 2.62 bits per heavy atom. The van der Waals surface area contributed by atoms with Crippen molar-refractivity contribution in [1.82, 2.24) is 9.97 Å². The molecule has 1 aromatic carbocycles. The van der Waals surface area contributed by atoms with Gasteiger partial charge in [0.25, 0.3) is 6.47 Å². The molecule has 0 aliphatic heterocycles. The van der Waals surface area contributed by atoms with Gasteiger partial charge < -0.3 is 14.9 Å². The van der Waals surface area contributed by atoms with Gasteiger partial charge in [-0.1, -0.05) is 12.1 Å². The standard InChI is InChI=1S/C21H19FN2O5/c22-15-5-3-13(4-6-15)8-14-9-17-19(24-10-14)21(28)16(11-23-17)20(27)18(29-12-26)2-1-7-25/h3-6,9-12,18,25H,1-2,7-8H2,(H,23,28). The number of halogens is 1. The second-order valence-electron chi connectivity index (χ2n) is 6.49. The highest BCUT2D eigenvalue weighted by atomic mass is 19.1. The van der Waals surface area contributed by atoms with Crippen LogP contribution in [0.4, 0.5) is 4.39 Å². The molecular weight excluding hydrogens is 379 g/mol. The van der Waals surface area contributed by atoms with Crippen molar-refractivity contribution in [3.63, 3.8) is 0 Å². The summed E-state index contributed by atoms with van der Waals surface area (Å²) in [5, 5.41) is 19.4. The summed E-state index contributed by atoms with van der Waals surface area (Å²) in [5.41, 5.74) is 2.12. The number of aromatic hydroxyl groups is 1. The molecule has 0 bridgehead atoms. The van der Waals surface area contributed by atoms with Crippen LogP contribution in [0.15, 0.2) is 42.7 Å². The van der Waals surface area contributed by atoms with Gasteiger partial charge >= 0.3 is 0 Å². The molecule has 29 heavy (non-hydrogen) atoms. The van der Waals surface area contributed by atoms with E-state index in [4.69, 9.17) is 9.84 Å². The number of hydrogen-bond donors (Lipinski definition) is 2. The normalized spacial score (nSPS) is 11.9. The average molecular weight is 398 g/mol. The summed E-state index contributed by atoms with van der Waals surface area (Å²) >= 11 is 0. The quantitative estimate of drug-likeness (QED) is 0.421. The van der Waals surface area contributed by atoms with Crippen molar-refractivity contribution in [2.45, 2.75) is 25.4 Å². The van der Waals surface area contributed by atoms with Gasteiger partial charge in [-0.3, -0.25) is 19.6 Å². The molecule has 2 N–H and O–H groups in total. The van der Waals surface area contributed by atoms with Crippen LogP contribution in [0.1, 0.15) is 34.3 Å². The summed E-state index contributed by atoms with van der Waals surface area (Å²) in [5.74, 6) is -1.28. The van der Waals surface area contributed by atoms with E-state index in [1.165, 1.54) is 18.3 Å². The molecule has 0 radical (unpaired) electrons. The van der Waals surface area contributed by atoms with Crippen LogP contribution < -0.4 is 0 Å². The first-order chi connectivity index (χ1) is 14.0. The van der Waals surface area contributed by atoms with Crippen molar-refractivity contribution < 1.29 is 28.9 Å². The van der Waals surface area contributed by atoms with E-state index < -0.39 is 11.9 Å². The lowest BCUT2D eigenvalue weighted by Crippen LogP contribution is -2.25. The number of ether oxygens (including phenoxy) is 1. The van der Waals surface area contributed by atoms with Crippen molar-refractivity contribution in [3.8, 4) is 5.75 Å². The molecule has 0 saturated carbocycles. The first-order valence-electron chi connectivity index (χ1n) is 8.98. The van der Waals surface area contributed by atoms with Crippen molar-refractivity contribution >= 4 is 23.3 Å². The van der Waals surface area contributed by atoms with Crippen LogP contribution in [0.2, 0.25) is 0 Å². The number of carbonyl (C=O) groups is 2. The molecule has 1 unspecified atom stereocenters. The first kappa shape index (κ1) is 20.3. The van der Waals surface area contributed by atoms with E-state index in [9.17, 15) is 19.1 Å². The molecular formula is C21H19FN2O5. The molecule has 0 spiro atoms. The maximum Gasteiger partial charge on any atom is 0.293 e. The molecule has 2 heterocycles. The van der Waals surface area contributed by atoms with E-state index in [2.05, 4.69) is 9.97 Å². The number of benzene rings is 1. The molecule has 7 nitrogen and oxygen atoms in total. The van der Waals surface area contributed by atoms with Crippen molar-refractivity contribution in [1.29, 1.82) is 0 Å². The van der Waals surface area contributed by atoms with E-state index in [1.807, 2.05) is 0 Å². The fraction of sp³-hybridized carbons (Fsp3) is 0.238. The largest absolute Gasteiger partial charge is 0.505 e. The van der Waals surface area contributed by atoms with Gasteiger partial charge in [-0.05, 0) is 48.6 Å². The summed E-state index contributed by atoms with van der Waals surface area (Å²) < 4.78 is 17.8. The third-order valence-corrected chi connectivity index (χ3v) is 4.46. The third kappa shape index (κ3) is 4.72. The second kappa shape index (κ2) is 9.20. The van der Waals surface area contributed by atoms with E-state index in [1.54, 1.807) is 24.4 Å². The number of ketones is 1. The number of aromatic nitrogens is 2. The average Bonchev–Trinajstić information content (AvgIpc) is 2.72. The summed E-state index contributed by atoms with van der Waals surface area (Å²) in [6.45, 7) is -0.00220. The molecule has 150 valence electrons. The van der Waals surface area contributed by atoms with E-state index in [-0.39, 0.29) is 48.6 Å². The number of aliphatic hydroxyl groups is 1. The fourth-order valence-electron chi connectivity index (χ4n) is 2.99. The Bertz CT molecular complexity index is 1020. The molecule has 0 saturated heterocycles. The monoisotopic (exact) mass is 398 g/mol. The second-order valence-corrected chi connectivity index (χ2v) is 6.49. The van der Waals surface area contributed by atoms with E-state index >= 15 is 0 Å². The van der Waals surface area contributed by atoms with Crippen molar-refractivity contribution in [2.24, 2.45) is 0 Å². The van der Waals surface area contributed by atoms with Gasteiger partial charge in [-0.2, -0.15) is 0 Å². The van der Waals surface area contributed by atoms with Gasteiger partial charge in [0.05, 0.1) is 11.1 Å². The SMILES string of the molecule is O=COC(CCCO)C(=O)c1cnc2cc(Cc3ccc(F)cc3)cnc2c1O. The third-order valence-electron chi connectivity index (χ3n) is 4.46. The first-order valence-corrected chi connectivity index (χ1v) is 8.98. The molecule has 0 aliphatic carbocycles. The zero-order valence-corrected chi connectivity index (χ0v) is 15.4. The predicted molar refractivity (Wildman–Crippen MR) is 102 cm³/mol. The van der Waals surface area contributed by atoms with Crippen LogP contribution in [0.25, 0.3) is 11.0 Å². The summed E-state index contributed by atoms with van der Waals surface area (Å²) in [6.07, 6.45) is 2.52. The molecule has 8 heteroatoms. The smallest absolute Gasteiger partial charge is 0.293 e. The van der Waals surface area contributed by atoms with Gasteiger partial charge in [0.2, 0.25) is 5.78 Å². The maximum atomic E-state index is 13.0. The number of carbonyl (C=O) groups excluding carboxylic acids is 2. The number of Topliss-reactive ketones (excluding diaryl/α,β-unsaturated/α-hetero) is 1. The number of hydrogen-bond acceptors (Lipinski definition) is 7. The minimum atomic E-state index is -1.12. The lowest BCUT2D eigenvalue weighted by molar-refractivity contribution is -0.132. The molecule has 0 aliphatic rings. The zero-order chi connectivity index (χ0) is 20.8. The van der Waals surface area contributed by atoms with E-state index in [0.29, 0.717) is 11.9 Å². The predicted octanol–water partition coefficient (Wildman–Crippen LogP) is 2.56.